The Bertz CT molecular complexity index is 1140. The van der Waals surface area contributed by atoms with Crippen LogP contribution in [0.5, 0.6) is 0 Å². The first-order chi connectivity index (χ1) is 15.0. The van der Waals surface area contributed by atoms with E-state index < -0.39 is 18.0 Å². The molecule has 0 saturated carbocycles. The zero-order valence-corrected chi connectivity index (χ0v) is 17.1. The van der Waals surface area contributed by atoms with Crippen LogP contribution >= 0.6 is 0 Å². The molecule has 0 aliphatic carbocycles. The molecule has 1 aliphatic rings. The molecule has 6 heteroatoms. The topological polar surface area (TPSA) is 84.5 Å². The molecule has 3 aromatic carbocycles. The van der Waals surface area contributed by atoms with E-state index in [0.717, 1.165) is 12.0 Å². The average Bonchev–Trinajstić information content (AvgIpc) is 2.80. The van der Waals surface area contributed by atoms with Crippen LogP contribution in [0.2, 0.25) is 0 Å². The van der Waals surface area contributed by atoms with Gasteiger partial charge in [0, 0.05) is 12.1 Å². The van der Waals surface area contributed by atoms with Crippen molar-refractivity contribution in [1.29, 1.82) is 0 Å². The highest BCUT2D eigenvalue weighted by molar-refractivity contribution is 6.10. The summed E-state index contributed by atoms with van der Waals surface area (Å²) in [5.41, 5.74) is 3.75. The SMILES string of the molecule is CCc1ccc(NC(=O)c2ccccc2NC(=O)[C@H]2Cc3ccccc3C(=O)O2)cc1. The Hall–Kier alpha value is -3.93. The number of anilines is 2. The Morgan fingerprint density at radius 3 is 2.42 bits per heavy atom. The van der Waals surface area contributed by atoms with Crippen LogP contribution in [0.1, 0.15) is 38.8 Å². The molecule has 3 aromatic rings. The molecule has 1 aliphatic heterocycles. The van der Waals surface area contributed by atoms with E-state index in [2.05, 4.69) is 17.6 Å². The summed E-state index contributed by atoms with van der Waals surface area (Å²) in [4.78, 5) is 37.8. The quantitative estimate of drug-likeness (QED) is 0.612. The fourth-order valence-electron chi connectivity index (χ4n) is 3.50. The Balaban J connectivity index is 1.49. The highest BCUT2D eigenvalue weighted by Gasteiger charge is 2.31. The second-order valence-electron chi connectivity index (χ2n) is 7.29. The molecule has 4 rings (SSSR count). The van der Waals surface area contributed by atoms with E-state index in [1.54, 1.807) is 42.5 Å². The maximum Gasteiger partial charge on any atom is 0.339 e. The number of benzene rings is 3. The Morgan fingerprint density at radius 2 is 1.65 bits per heavy atom. The van der Waals surface area contributed by atoms with Crippen LogP contribution < -0.4 is 10.6 Å². The van der Waals surface area contributed by atoms with Gasteiger partial charge in [-0.3, -0.25) is 9.59 Å². The fourth-order valence-corrected chi connectivity index (χ4v) is 3.50. The van der Waals surface area contributed by atoms with Crippen molar-refractivity contribution in [3.63, 3.8) is 0 Å². The Labute approximate surface area is 180 Å². The molecular formula is C25H22N2O4. The maximum atomic E-state index is 12.8. The normalized spacial score (nSPS) is 14.9. The van der Waals surface area contributed by atoms with E-state index in [1.165, 1.54) is 5.56 Å². The van der Waals surface area contributed by atoms with Gasteiger partial charge in [0.05, 0.1) is 16.8 Å². The van der Waals surface area contributed by atoms with Gasteiger partial charge in [0.25, 0.3) is 11.8 Å². The largest absolute Gasteiger partial charge is 0.448 e. The summed E-state index contributed by atoms with van der Waals surface area (Å²) in [6.07, 6.45) is 0.241. The lowest BCUT2D eigenvalue weighted by Crippen LogP contribution is -2.38. The summed E-state index contributed by atoms with van der Waals surface area (Å²) in [7, 11) is 0. The van der Waals surface area contributed by atoms with Crippen LogP contribution in [0.4, 0.5) is 11.4 Å². The molecular weight excluding hydrogens is 392 g/mol. The van der Waals surface area contributed by atoms with Gasteiger partial charge in [-0.25, -0.2) is 4.79 Å². The third kappa shape index (κ3) is 4.48. The molecule has 0 unspecified atom stereocenters. The van der Waals surface area contributed by atoms with Crippen LogP contribution in [0, 0.1) is 0 Å². The van der Waals surface area contributed by atoms with Crippen LogP contribution in [-0.4, -0.2) is 23.9 Å². The van der Waals surface area contributed by atoms with Crippen molar-refractivity contribution in [1.82, 2.24) is 0 Å². The van der Waals surface area contributed by atoms with Gasteiger partial charge in [-0.1, -0.05) is 49.4 Å². The smallest absolute Gasteiger partial charge is 0.339 e. The van der Waals surface area contributed by atoms with E-state index in [9.17, 15) is 14.4 Å². The summed E-state index contributed by atoms with van der Waals surface area (Å²) < 4.78 is 5.31. The molecule has 156 valence electrons. The molecule has 0 spiro atoms. The minimum atomic E-state index is -0.958. The van der Waals surface area contributed by atoms with Gasteiger partial charge in [-0.15, -0.1) is 0 Å². The Morgan fingerprint density at radius 1 is 0.935 bits per heavy atom. The molecule has 1 atom stereocenters. The van der Waals surface area contributed by atoms with E-state index in [1.807, 2.05) is 30.3 Å². The summed E-state index contributed by atoms with van der Waals surface area (Å²) in [6, 6.07) is 21.4. The van der Waals surface area contributed by atoms with Gasteiger partial charge in [0.15, 0.2) is 6.10 Å². The van der Waals surface area contributed by atoms with Gasteiger partial charge in [-0.05, 0) is 47.9 Å². The molecule has 0 fully saturated rings. The van der Waals surface area contributed by atoms with E-state index >= 15 is 0 Å². The number of hydrogen-bond donors (Lipinski definition) is 2. The first kappa shape index (κ1) is 20.3. The highest BCUT2D eigenvalue weighted by atomic mass is 16.5. The van der Waals surface area contributed by atoms with E-state index in [0.29, 0.717) is 22.5 Å². The predicted octanol–water partition coefficient (Wildman–Crippen LogP) is 4.22. The lowest BCUT2D eigenvalue weighted by Gasteiger charge is -2.24. The van der Waals surface area contributed by atoms with Gasteiger partial charge >= 0.3 is 5.97 Å². The number of carbonyl (C=O) groups excluding carboxylic acids is 3. The summed E-state index contributed by atoms with van der Waals surface area (Å²) in [5.74, 6) is -1.34. The van der Waals surface area contributed by atoms with Gasteiger partial charge in [0.2, 0.25) is 0 Å². The van der Waals surface area contributed by atoms with Crippen molar-refractivity contribution in [3.05, 3.63) is 95.1 Å². The van der Waals surface area contributed by atoms with E-state index in [-0.39, 0.29) is 12.3 Å². The molecule has 31 heavy (non-hydrogen) atoms. The number of esters is 1. The van der Waals surface area contributed by atoms with Crippen molar-refractivity contribution in [3.8, 4) is 0 Å². The number of carbonyl (C=O) groups is 3. The molecule has 6 nitrogen and oxygen atoms in total. The lowest BCUT2D eigenvalue weighted by atomic mass is 9.98. The van der Waals surface area contributed by atoms with Crippen LogP contribution in [-0.2, 0) is 22.4 Å². The number of amides is 2. The number of fused-ring (bicyclic) bond motifs is 1. The fraction of sp³-hybridized carbons (Fsp3) is 0.160. The second kappa shape index (κ2) is 8.83. The second-order valence-corrected chi connectivity index (χ2v) is 7.29. The molecule has 0 saturated heterocycles. The molecule has 1 heterocycles. The van der Waals surface area contributed by atoms with Crippen molar-refractivity contribution < 1.29 is 19.1 Å². The number of para-hydroxylation sites is 1. The van der Waals surface area contributed by atoms with Crippen LogP contribution in [0.15, 0.2) is 72.8 Å². The minimum Gasteiger partial charge on any atom is -0.448 e. The first-order valence-corrected chi connectivity index (χ1v) is 10.1. The van der Waals surface area contributed by atoms with Crippen molar-refractivity contribution in [2.24, 2.45) is 0 Å². The number of ether oxygens (including phenoxy) is 1. The molecule has 0 aromatic heterocycles. The third-order valence-corrected chi connectivity index (χ3v) is 5.23. The number of hydrogen-bond acceptors (Lipinski definition) is 4. The number of cyclic esters (lactones) is 1. The lowest BCUT2D eigenvalue weighted by molar-refractivity contribution is -0.125. The molecule has 2 N–H and O–H groups in total. The summed E-state index contributed by atoms with van der Waals surface area (Å²) in [6.45, 7) is 2.06. The predicted molar refractivity (Wildman–Crippen MR) is 118 cm³/mol. The number of rotatable bonds is 5. The first-order valence-electron chi connectivity index (χ1n) is 10.1. The number of aryl methyl sites for hydroxylation is 1. The molecule has 2 amide bonds. The maximum absolute atomic E-state index is 12.8. The average molecular weight is 414 g/mol. The third-order valence-electron chi connectivity index (χ3n) is 5.23. The zero-order chi connectivity index (χ0) is 21.8. The van der Waals surface area contributed by atoms with Crippen molar-refractivity contribution in [2.75, 3.05) is 10.6 Å². The monoisotopic (exact) mass is 414 g/mol. The van der Waals surface area contributed by atoms with Gasteiger partial charge < -0.3 is 15.4 Å². The summed E-state index contributed by atoms with van der Waals surface area (Å²) >= 11 is 0. The van der Waals surface area contributed by atoms with Crippen LogP contribution in [0.25, 0.3) is 0 Å². The summed E-state index contributed by atoms with van der Waals surface area (Å²) in [5, 5.41) is 5.59. The molecule has 0 radical (unpaired) electrons. The highest BCUT2D eigenvalue weighted by Crippen LogP contribution is 2.23. The number of nitrogens with one attached hydrogen (secondary N) is 2. The van der Waals surface area contributed by atoms with E-state index in [4.69, 9.17) is 4.74 Å². The van der Waals surface area contributed by atoms with Crippen molar-refractivity contribution in [2.45, 2.75) is 25.9 Å². The van der Waals surface area contributed by atoms with Crippen molar-refractivity contribution >= 4 is 29.2 Å². The van der Waals surface area contributed by atoms with Gasteiger partial charge in [0.1, 0.15) is 0 Å². The zero-order valence-electron chi connectivity index (χ0n) is 17.1. The standard InChI is InChI=1S/C25H22N2O4/c1-2-16-11-13-18(14-12-16)26-23(28)20-9-5-6-10-21(20)27-24(29)22-15-17-7-3-4-8-19(17)25(30)31-22/h3-14,22H,2,15H2,1H3,(H,26,28)(H,27,29)/t22-/m1/s1. The molecule has 0 bridgehead atoms. The minimum absolute atomic E-state index is 0.284. The van der Waals surface area contributed by atoms with Crippen LogP contribution in [0.3, 0.4) is 0 Å². The Kier molecular flexibility index (Phi) is 5.80. The van der Waals surface area contributed by atoms with Gasteiger partial charge in [-0.2, -0.15) is 0 Å².